The predicted octanol–water partition coefficient (Wildman–Crippen LogP) is 1.69. The number of methoxy groups -OCH3 is 1. The van der Waals surface area contributed by atoms with Crippen molar-refractivity contribution in [3.8, 4) is 5.75 Å². The second-order valence-corrected chi connectivity index (χ2v) is 4.29. The second kappa shape index (κ2) is 6.51. The topological polar surface area (TPSA) is 47.3 Å². The van der Waals surface area contributed by atoms with E-state index >= 15 is 0 Å². The monoisotopic (exact) mass is 222 g/mol. The molecule has 1 aromatic carbocycles. The molecular formula is C13H22N2O. The van der Waals surface area contributed by atoms with Crippen LogP contribution in [-0.4, -0.2) is 20.2 Å². The third-order valence-electron chi connectivity index (χ3n) is 2.65. The van der Waals surface area contributed by atoms with Gasteiger partial charge >= 0.3 is 0 Å². The van der Waals surface area contributed by atoms with Crippen LogP contribution in [0.5, 0.6) is 5.75 Å². The van der Waals surface area contributed by atoms with Crippen molar-refractivity contribution in [2.24, 2.45) is 11.7 Å². The average Bonchev–Trinajstić information content (AvgIpc) is 2.29. The number of nitrogens with two attached hydrogens (primary N) is 1. The van der Waals surface area contributed by atoms with Gasteiger partial charge in [-0.2, -0.15) is 0 Å². The van der Waals surface area contributed by atoms with E-state index in [-0.39, 0.29) is 0 Å². The van der Waals surface area contributed by atoms with Crippen LogP contribution in [0.3, 0.4) is 0 Å². The Kier molecular flexibility index (Phi) is 5.29. The number of ether oxygens (including phenoxy) is 1. The molecule has 1 atom stereocenters. The maximum absolute atomic E-state index is 5.57. The van der Waals surface area contributed by atoms with Gasteiger partial charge in [0.1, 0.15) is 5.75 Å². The summed E-state index contributed by atoms with van der Waals surface area (Å²) >= 11 is 0. The largest absolute Gasteiger partial charge is 0.496 e. The smallest absolute Gasteiger partial charge is 0.123 e. The van der Waals surface area contributed by atoms with Crippen molar-refractivity contribution in [3.05, 3.63) is 29.3 Å². The van der Waals surface area contributed by atoms with Crippen molar-refractivity contribution in [2.45, 2.75) is 20.4 Å². The fraction of sp³-hybridized carbons (Fsp3) is 0.538. The summed E-state index contributed by atoms with van der Waals surface area (Å²) in [4.78, 5) is 0. The van der Waals surface area contributed by atoms with Crippen LogP contribution in [0.15, 0.2) is 18.2 Å². The van der Waals surface area contributed by atoms with Gasteiger partial charge in [-0.15, -0.1) is 0 Å². The summed E-state index contributed by atoms with van der Waals surface area (Å²) < 4.78 is 5.32. The van der Waals surface area contributed by atoms with Crippen LogP contribution in [-0.2, 0) is 6.54 Å². The van der Waals surface area contributed by atoms with Crippen molar-refractivity contribution >= 4 is 0 Å². The Morgan fingerprint density at radius 1 is 1.44 bits per heavy atom. The first-order chi connectivity index (χ1) is 7.67. The van der Waals surface area contributed by atoms with E-state index in [0.717, 1.165) is 25.4 Å². The summed E-state index contributed by atoms with van der Waals surface area (Å²) in [6.45, 7) is 6.71. The number of aryl methyl sites for hydroxylation is 1. The van der Waals surface area contributed by atoms with Crippen molar-refractivity contribution in [3.63, 3.8) is 0 Å². The fourth-order valence-corrected chi connectivity index (χ4v) is 1.58. The zero-order valence-corrected chi connectivity index (χ0v) is 10.4. The number of hydrogen-bond donors (Lipinski definition) is 2. The molecule has 0 saturated carbocycles. The lowest BCUT2D eigenvalue weighted by Gasteiger charge is -2.13. The maximum atomic E-state index is 5.57. The molecule has 0 aliphatic carbocycles. The maximum Gasteiger partial charge on any atom is 0.123 e. The molecule has 0 bridgehead atoms. The Balaban J connectivity index is 2.55. The molecule has 0 aliphatic heterocycles. The van der Waals surface area contributed by atoms with E-state index in [0.29, 0.717) is 5.92 Å². The van der Waals surface area contributed by atoms with Gasteiger partial charge < -0.3 is 15.8 Å². The minimum atomic E-state index is 0.510. The van der Waals surface area contributed by atoms with Gasteiger partial charge in [-0.1, -0.05) is 24.6 Å². The van der Waals surface area contributed by atoms with Gasteiger partial charge in [-0.25, -0.2) is 0 Å². The van der Waals surface area contributed by atoms with Gasteiger partial charge in [0.15, 0.2) is 0 Å². The Morgan fingerprint density at radius 3 is 2.81 bits per heavy atom. The lowest BCUT2D eigenvalue weighted by Crippen LogP contribution is -2.25. The third-order valence-corrected chi connectivity index (χ3v) is 2.65. The van der Waals surface area contributed by atoms with E-state index in [2.05, 4.69) is 31.3 Å². The molecule has 3 heteroatoms. The summed E-state index contributed by atoms with van der Waals surface area (Å²) in [5.41, 5.74) is 8.02. The standard InChI is InChI=1S/C13H22N2O/c1-10-4-5-13(16-3)12(6-10)9-15-8-11(2)7-14/h4-6,11,15H,7-9,14H2,1-3H3. The summed E-state index contributed by atoms with van der Waals surface area (Å²) in [6, 6.07) is 6.22. The number of rotatable bonds is 6. The van der Waals surface area contributed by atoms with Crippen molar-refractivity contribution in [1.82, 2.24) is 5.32 Å². The van der Waals surface area contributed by atoms with Crippen LogP contribution in [0.1, 0.15) is 18.1 Å². The zero-order valence-electron chi connectivity index (χ0n) is 10.4. The first kappa shape index (κ1) is 13.0. The van der Waals surface area contributed by atoms with Gasteiger partial charge in [0.05, 0.1) is 7.11 Å². The lowest BCUT2D eigenvalue weighted by molar-refractivity contribution is 0.406. The van der Waals surface area contributed by atoms with Crippen LogP contribution < -0.4 is 15.8 Å². The first-order valence-electron chi connectivity index (χ1n) is 5.71. The normalized spacial score (nSPS) is 12.5. The Bertz CT molecular complexity index is 326. The summed E-state index contributed by atoms with van der Waals surface area (Å²) in [5, 5.41) is 3.39. The van der Waals surface area contributed by atoms with Crippen LogP contribution >= 0.6 is 0 Å². The molecule has 0 amide bonds. The number of nitrogens with one attached hydrogen (secondary N) is 1. The Hall–Kier alpha value is -1.06. The van der Waals surface area contributed by atoms with E-state index in [1.807, 2.05) is 6.07 Å². The molecule has 1 aromatic rings. The highest BCUT2D eigenvalue weighted by Gasteiger charge is 2.03. The minimum absolute atomic E-state index is 0.510. The highest BCUT2D eigenvalue weighted by atomic mass is 16.5. The number of hydrogen-bond acceptors (Lipinski definition) is 3. The molecule has 0 saturated heterocycles. The molecule has 0 heterocycles. The lowest BCUT2D eigenvalue weighted by atomic mass is 10.1. The molecule has 0 fully saturated rings. The molecule has 3 N–H and O–H groups in total. The third kappa shape index (κ3) is 3.83. The summed E-state index contributed by atoms with van der Waals surface area (Å²) in [6.07, 6.45) is 0. The molecular weight excluding hydrogens is 200 g/mol. The first-order valence-corrected chi connectivity index (χ1v) is 5.71. The molecule has 16 heavy (non-hydrogen) atoms. The van der Waals surface area contributed by atoms with Gasteiger partial charge in [0.2, 0.25) is 0 Å². The molecule has 90 valence electrons. The summed E-state index contributed by atoms with van der Waals surface area (Å²) in [7, 11) is 1.71. The van der Waals surface area contributed by atoms with E-state index in [9.17, 15) is 0 Å². The SMILES string of the molecule is COc1ccc(C)cc1CNCC(C)CN. The predicted molar refractivity (Wildman–Crippen MR) is 67.7 cm³/mol. The van der Waals surface area contributed by atoms with Crippen LogP contribution in [0.2, 0.25) is 0 Å². The van der Waals surface area contributed by atoms with E-state index in [1.165, 1.54) is 11.1 Å². The van der Waals surface area contributed by atoms with E-state index in [4.69, 9.17) is 10.5 Å². The highest BCUT2D eigenvalue weighted by molar-refractivity contribution is 5.36. The van der Waals surface area contributed by atoms with Crippen molar-refractivity contribution < 1.29 is 4.74 Å². The minimum Gasteiger partial charge on any atom is -0.496 e. The number of benzene rings is 1. The Labute approximate surface area is 98.0 Å². The fourth-order valence-electron chi connectivity index (χ4n) is 1.58. The van der Waals surface area contributed by atoms with Crippen LogP contribution in [0.4, 0.5) is 0 Å². The van der Waals surface area contributed by atoms with Crippen molar-refractivity contribution in [2.75, 3.05) is 20.2 Å². The molecule has 0 spiro atoms. The quantitative estimate of drug-likeness (QED) is 0.770. The van der Waals surface area contributed by atoms with Gasteiger partial charge in [0, 0.05) is 12.1 Å². The van der Waals surface area contributed by atoms with Crippen molar-refractivity contribution in [1.29, 1.82) is 0 Å². The van der Waals surface area contributed by atoms with Crippen LogP contribution in [0.25, 0.3) is 0 Å². The average molecular weight is 222 g/mol. The molecule has 0 radical (unpaired) electrons. The molecule has 3 nitrogen and oxygen atoms in total. The second-order valence-electron chi connectivity index (χ2n) is 4.29. The van der Waals surface area contributed by atoms with E-state index in [1.54, 1.807) is 7.11 Å². The van der Waals surface area contributed by atoms with Gasteiger partial charge in [-0.05, 0) is 32.0 Å². The molecule has 1 unspecified atom stereocenters. The van der Waals surface area contributed by atoms with Gasteiger partial charge in [-0.3, -0.25) is 0 Å². The zero-order chi connectivity index (χ0) is 12.0. The molecule has 0 aromatic heterocycles. The highest BCUT2D eigenvalue weighted by Crippen LogP contribution is 2.19. The van der Waals surface area contributed by atoms with Gasteiger partial charge in [0.25, 0.3) is 0 Å². The summed E-state index contributed by atoms with van der Waals surface area (Å²) in [5.74, 6) is 1.45. The van der Waals surface area contributed by atoms with E-state index < -0.39 is 0 Å². The molecule has 0 aliphatic rings. The molecule has 1 rings (SSSR count). The van der Waals surface area contributed by atoms with Crippen LogP contribution in [0, 0.1) is 12.8 Å². The Morgan fingerprint density at radius 2 is 2.19 bits per heavy atom.